The molecule has 166 valence electrons. The van der Waals surface area contributed by atoms with Crippen molar-refractivity contribution >= 4 is 23.8 Å². The summed E-state index contributed by atoms with van der Waals surface area (Å²) in [6.07, 6.45) is 2.20. The van der Waals surface area contributed by atoms with Crippen LogP contribution in [0.15, 0.2) is 79.0 Å². The maximum atomic E-state index is 11.8. The Morgan fingerprint density at radius 2 is 1.79 bits per heavy atom. The molecule has 0 spiro atoms. The third kappa shape index (κ3) is 4.99. The van der Waals surface area contributed by atoms with Gasteiger partial charge < -0.3 is 10.1 Å². The van der Waals surface area contributed by atoms with Crippen molar-refractivity contribution in [1.29, 1.82) is 0 Å². The Balaban J connectivity index is 1.47. The van der Waals surface area contributed by atoms with Crippen LogP contribution in [-0.2, 0) is 11.8 Å². The Morgan fingerprint density at radius 3 is 2.48 bits per heavy atom. The van der Waals surface area contributed by atoms with Gasteiger partial charge in [-0.2, -0.15) is 5.10 Å². The molecule has 4 rings (SSSR count). The first kappa shape index (κ1) is 21.6. The Bertz CT molecular complexity index is 1250. The van der Waals surface area contributed by atoms with Crippen LogP contribution in [-0.4, -0.2) is 34.1 Å². The number of amides is 2. The van der Waals surface area contributed by atoms with Crippen LogP contribution in [0, 0.1) is 0 Å². The van der Waals surface area contributed by atoms with Gasteiger partial charge in [-0.15, -0.1) is 0 Å². The molecule has 33 heavy (non-hydrogen) atoms. The van der Waals surface area contributed by atoms with Gasteiger partial charge in [0.05, 0.1) is 11.4 Å². The predicted octanol–water partition coefficient (Wildman–Crippen LogP) is 3.62. The number of hydrogen-bond donors (Lipinski definition) is 2. The quantitative estimate of drug-likeness (QED) is 0.319. The summed E-state index contributed by atoms with van der Waals surface area (Å²) in [5.74, 6) is 1.35. The van der Waals surface area contributed by atoms with E-state index >= 15 is 0 Å². The van der Waals surface area contributed by atoms with Crippen molar-refractivity contribution in [2.45, 2.75) is 0 Å². The fraction of sp³-hybridized carbons (Fsp3) is 0.0833. The third-order valence-corrected chi connectivity index (χ3v) is 4.81. The molecular weight excluding hydrogens is 420 g/mol. The first-order valence-corrected chi connectivity index (χ1v) is 10.1. The van der Waals surface area contributed by atoms with Crippen LogP contribution in [0.4, 0.5) is 11.5 Å². The maximum absolute atomic E-state index is 11.8. The molecule has 9 heteroatoms. The molecule has 2 heterocycles. The van der Waals surface area contributed by atoms with Crippen LogP contribution in [0.5, 0.6) is 11.5 Å². The van der Waals surface area contributed by atoms with E-state index in [-0.39, 0.29) is 11.6 Å². The van der Waals surface area contributed by atoms with Crippen molar-refractivity contribution in [1.82, 2.24) is 20.1 Å². The fourth-order valence-corrected chi connectivity index (χ4v) is 3.17. The first-order chi connectivity index (χ1) is 16.1. The predicted molar refractivity (Wildman–Crippen MR) is 125 cm³/mol. The van der Waals surface area contributed by atoms with E-state index in [0.29, 0.717) is 29.4 Å². The molecule has 0 aliphatic heterocycles. The van der Waals surface area contributed by atoms with E-state index in [1.54, 1.807) is 55.2 Å². The number of nitrogens with one attached hydrogen (secondary N) is 2. The Hall–Kier alpha value is -4.66. The van der Waals surface area contributed by atoms with E-state index in [1.165, 1.54) is 11.2 Å². The second-order valence-corrected chi connectivity index (χ2v) is 7.05. The number of aromatic nitrogens is 3. The van der Waals surface area contributed by atoms with Crippen molar-refractivity contribution in [2.75, 3.05) is 17.5 Å². The van der Waals surface area contributed by atoms with E-state index in [1.807, 2.05) is 36.4 Å². The summed E-state index contributed by atoms with van der Waals surface area (Å²) in [6, 6.07) is 21.9. The lowest BCUT2D eigenvalue weighted by atomic mass is 10.2. The number of benzene rings is 2. The van der Waals surface area contributed by atoms with Gasteiger partial charge in [0.15, 0.2) is 5.82 Å². The van der Waals surface area contributed by atoms with Gasteiger partial charge in [-0.25, -0.2) is 5.01 Å². The average Bonchev–Trinajstić information content (AvgIpc) is 3.25. The molecule has 0 aliphatic carbocycles. The molecule has 2 N–H and O–H groups in total. The van der Waals surface area contributed by atoms with Gasteiger partial charge in [-0.3, -0.25) is 24.7 Å². The molecule has 0 saturated carbocycles. The summed E-state index contributed by atoms with van der Waals surface area (Å²) in [5.41, 5.74) is 5.73. The lowest BCUT2D eigenvalue weighted by Crippen LogP contribution is -2.29. The van der Waals surface area contributed by atoms with E-state index in [2.05, 4.69) is 20.8 Å². The van der Waals surface area contributed by atoms with E-state index in [4.69, 9.17) is 4.74 Å². The molecule has 2 aromatic heterocycles. The molecule has 0 bridgehead atoms. The number of carbonyl (C=O) groups excluding carboxylic acids is 2. The summed E-state index contributed by atoms with van der Waals surface area (Å²) in [7, 11) is 3.32. The molecule has 0 fully saturated rings. The zero-order chi connectivity index (χ0) is 23.2. The van der Waals surface area contributed by atoms with Crippen molar-refractivity contribution in [3.05, 3.63) is 84.7 Å². The highest BCUT2D eigenvalue weighted by Gasteiger charge is 2.14. The molecule has 0 aliphatic rings. The summed E-state index contributed by atoms with van der Waals surface area (Å²) in [4.78, 5) is 27.5. The van der Waals surface area contributed by atoms with Crippen LogP contribution < -0.4 is 20.5 Å². The zero-order valence-corrected chi connectivity index (χ0v) is 18.1. The number of hydrogen-bond acceptors (Lipinski definition) is 6. The number of rotatable bonds is 8. The van der Waals surface area contributed by atoms with Crippen LogP contribution in [0.1, 0.15) is 10.5 Å². The van der Waals surface area contributed by atoms with Crippen LogP contribution >= 0.6 is 0 Å². The SMILES string of the molecule is CNC(=O)c1cc(Oc2ccc(NN(C=O)c3cc(-c4ccccc4)nn3C)cc2)ccn1. The van der Waals surface area contributed by atoms with Gasteiger partial charge in [-0.05, 0) is 30.3 Å². The van der Waals surface area contributed by atoms with Gasteiger partial charge in [0, 0.05) is 38.0 Å². The molecule has 2 amide bonds. The lowest BCUT2D eigenvalue weighted by molar-refractivity contribution is -0.107. The molecule has 0 unspecified atom stereocenters. The molecule has 2 aromatic carbocycles. The number of nitrogens with zero attached hydrogens (tertiary/aromatic N) is 4. The standard InChI is InChI=1S/C24H22N6O3/c1-25-24(32)22-14-20(12-13-26-22)33-19-10-8-18(9-11-19)27-30(16-31)23-15-21(28-29(23)2)17-6-4-3-5-7-17/h3-16,27H,1-2H3,(H,25,32). The highest BCUT2D eigenvalue weighted by atomic mass is 16.5. The minimum atomic E-state index is -0.292. The first-order valence-electron chi connectivity index (χ1n) is 10.1. The highest BCUT2D eigenvalue weighted by Crippen LogP contribution is 2.26. The molecule has 4 aromatic rings. The summed E-state index contributed by atoms with van der Waals surface area (Å²) in [6.45, 7) is 0. The van der Waals surface area contributed by atoms with E-state index in [0.717, 1.165) is 11.3 Å². The van der Waals surface area contributed by atoms with Gasteiger partial charge >= 0.3 is 0 Å². The second kappa shape index (κ2) is 9.65. The summed E-state index contributed by atoms with van der Waals surface area (Å²) >= 11 is 0. The topological polar surface area (TPSA) is 101 Å². The molecular formula is C24H22N6O3. The molecule has 0 atom stereocenters. The Morgan fingerprint density at radius 1 is 1.03 bits per heavy atom. The van der Waals surface area contributed by atoms with E-state index < -0.39 is 0 Å². The largest absolute Gasteiger partial charge is 0.457 e. The molecule has 0 saturated heterocycles. The van der Waals surface area contributed by atoms with Gasteiger partial charge in [0.1, 0.15) is 17.2 Å². The van der Waals surface area contributed by atoms with E-state index in [9.17, 15) is 9.59 Å². The number of anilines is 2. The minimum absolute atomic E-state index is 0.265. The van der Waals surface area contributed by atoms with Crippen molar-refractivity contribution in [3.8, 4) is 22.8 Å². The smallest absolute Gasteiger partial charge is 0.269 e. The monoisotopic (exact) mass is 442 g/mol. The number of carbonyl (C=O) groups is 2. The maximum Gasteiger partial charge on any atom is 0.269 e. The average molecular weight is 442 g/mol. The van der Waals surface area contributed by atoms with Gasteiger partial charge in [0.25, 0.3) is 5.91 Å². The van der Waals surface area contributed by atoms with Crippen molar-refractivity contribution < 1.29 is 14.3 Å². The fourth-order valence-electron chi connectivity index (χ4n) is 3.17. The summed E-state index contributed by atoms with van der Waals surface area (Å²) in [5, 5.41) is 8.38. The Labute approximate surface area is 190 Å². The Kier molecular flexibility index (Phi) is 6.31. The van der Waals surface area contributed by atoms with Crippen LogP contribution in [0.3, 0.4) is 0 Å². The second-order valence-electron chi connectivity index (χ2n) is 7.05. The van der Waals surface area contributed by atoms with Gasteiger partial charge in [0.2, 0.25) is 6.41 Å². The van der Waals surface area contributed by atoms with Gasteiger partial charge in [-0.1, -0.05) is 30.3 Å². The molecule has 9 nitrogen and oxygen atoms in total. The normalized spacial score (nSPS) is 10.4. The van der Waals surface area contributed by atoms with Crippen molar-refractivity contribution in [3.63, 3.8) is 0 Å². The van der Waals surface area contributed by atoms with Crippen LogP contribution in [0.25, 0.3) is 11.3 Å². The lowest BCUT2D eigenvalue weighted by Gasteiger charge is -2.19. The number of pyridine rings is 1. The summed E-state index contributed by atoms with van der Waals surface area (Å²) < 4.78 is 7.44. The number of hydrazine groups is 1. The zero-order valence-electron chi connectivity index (χ0n) is 18.1. The number of ether oxygens (including phenoxy) is 1. The molecule has 0 radical (unpaired) electrons. The minimum Gasteiger partial charge on any atom is -0.457 e. The number of aryl methyl sites for hydroxylation is 1. The van der Waals surface area contributed by atoms with Crippen molar-refractivity contribution in [2.24, 2.45) is 7.05 Å². The third-order valence-electron chi connectivity index (χ3n) is 4.81. The highest BCUT2D eigenvalue weighted by molar-refractivity contribution is 5.92. The van der Waals surface area contributed by atoms with Crippen LogP contribution in [0.2, 0.25) is 0 Å².